The molecule has 0 radical (unpaired) electrons. The monoisotopic (exact) mass is 275 g/mol. The lowest BCUT2D eigenvalue weighted by molar-refractivity contribution is 0.302. The average Bonchev–Trinajstić information content (AvgIpc) is 2.44. The maximum absolute atomic E-state index is 4.80. The van der Waals surface area contributed by atoms with Crippen molar-refractivity contribution in [1.29, 1.82) is 0 Å². The molecular weight excluding hydrogens is 246 g/mol. The van der Waals surface area contributed by atoms with Gasteiger partial charge >= 0.3 is 0 Å². The average molecular weight is 275 g/mol. The van der Waals surface area contributed by atoms with E-state index in [2.05, 4.69) is 26.1 Å². The van der Waals surface area contributed by atoms with E-state index in [4.69, 9.17) is 9.97 Å². The van der Waals surface area contributed by atoms with E-state index >= 15 is 0 Å². The Morgan fingerprint density at radius 2 is 1.65 bits per heavy atom. The fraction of sp³-hybridized carbons (Fsp3) is 0.765. The molecule has 3 heteroatoms. The van der Waals surface area contributed by atoms with Crippen LogP contribution < -0.4 is 5.32 Å². The number of hydrogen-bond acceptors (Lipinski definition) is 3. The van der Waals surface area contributed by atoms with E-state index < -0.39 is 0 Å². The van der Waals surface area contributed by atoms with E-state index in [1.807, 2.05) is 7.05 Å². The van der Waals surface area contributed by atoms with Crippen molar-refractivity contribution in [2.24, 2.45) is 5.92 Å². The molecule has 1 saturated carbocycles. The molecule has 1 N–H and O–H groups in total. The van der Waals surface area contributed by atoms with Gasteiger partial charge in [-0.05, 0) is 52.5 Å². The van der Waals surface area contributed by atoms with Crippen LogP contribution in [0.1, 0.15) is 74.1 Å². The number of nitrogens with zero attached hydrogens (tertiary/aromatic N) is 2. The Kier molecular flexibility index (Phi) is 5.53. The lowest BCUT2D eigenvalue weighted by atomic mass is 9.79. The van der Waals surface area contributed by atoms with Crippen LogP contribution in [0.2, 0.25) is 0 Å². The van der Waals surface area contributed by atoms with Crippen molar-refractivity contribution >= 4 is 0 Å². The second-order valence-corrected chi connectivity index (χ2v) is 6.27. The molecule has 3 nitrogen and oxygen atoms in total. The molecule has 1 aromatic rings. The maximum Gasteiger partial charge on any atom is 0.131 e. The summed E-state index contributed by atoms with van der Waals surface area (Å²) >= 11 is 0. The van der Waals surface area contributed by atoms with Crippen LogP contribution in [0.3, 0.4) is 0 Å². The van der Waals surface area contributed by atoms with Gasteiger partial charge in [-0.3, -0.25) is 0 Å². The first kappa shape index (κ1) is 15.4. The molecule has 0 spiro atoms. The quantitative estimate of drug-likeness (QED) is 0.886. The van der Waals surface area contributed by atoms with Crippen LogP contribution in [-0.4, -0.2) is 17.0 Å². The molecular formula is C17H29N3. The highest BCUT2D eigenvalue weighted by atomic mass is 14.9. The van der Waals surface area contributed by atoms with Crippen LogP contribution in [0.5, 0.6) is 0 Å². The van der Waals surface area contributed by atoms with Gasteiger partial charge in [-0.15, -0.1) is 0 Å². The zero-order chi connectivity index (χ0) is 14.5. The van der Waals surface area contributed by atoms with Gasteiger partial charge in [0.25, 0.3) is 0 Å². The highest BCUT2D eigenvalue weighted by Crippen LogP contribution is 2.36. The molecule has 0 aromatic carbocycles. The predicted molar refractivity (Wildman–Crippen MR) is 83.9 cm³/mol. The minimum Gasteiger partial charge on any atom is -0.316 e. The molecule has 0 bridgehead atoms. The van der Waals surface area contributed by atoms with Crippen molar-refractivity contribution in [3.05, 3.63) is 22.8 Å². The largest absolute Gasteiger partial charge is 0.316 e. The van der Waals surface area contributed by atoms with Gasteiger partial charge in [-0.25, -0.2) is 9.97 Å². The summed E-state index contributed by atoms with van der Waals surface area (Å²) in [5, 5.41) is 3.20. The Bertz CT molecular complexity index is 411. The van der Waals surface area contributed by atoms with E-state index in [0.717, 1.165) is 29.7 Å². The first-order valence-corrected chi connectivity index (χ1v) is 8.14. The molecule has 1 heterocycles. The molecule has 20 heavy (non-hydrogen) atoms. The van der Waals surface area contributed by atoms with Gasteiger partial charge < -0.3 is 5.32 Å². The summed E-state index contributed by atoms with van der Waals surface area (Å²) in [6.07, 6.45) is 7.98. The number of aryl methyl sites for hydroxylation is 2. The first-order valence-electron chi connectivity index (χ1n) is 8.14. The second-order valence-electron chi connectivity index (χ2n) is 6.27. The summed E-state index contributed by atoms with van der Waals surface area (Å²) in [7, 11) is 1.97. The van der Waals surface area contributed by atoms with Crippen molar-refractivity contribution in [3.8, 4) is 0 Å². The molecule has 112 valence electrons. The van der Waals surface area contributed by atoms with Crippen LogP contribution in [0, 0.1) is 19.8 Å². The zero-order valence-electron chi connectivity index (χ0n) is 13.5. The van der Waals surface area contributed by atoms with Gasteiger partial charge in [0.1, 0.15) is 5.82 Å². The number of aromatic nitrogens is 2. The highest BCUT2D eigenvalue weighted by molar-refractivity contribution is 5.25. The molecule has 1 aromatic heterocycles. The summed E-state index contributed by atoms with van der Waals surface area (Å²) in [5.74, 6) is 2.63. The molecule has 2 rings (SSSR count). The van der Waals surface area contributed by atoms with Gasteiger partial charge in [0.15, 0.2) is 0 Å². The Labute approximate surface area is 123 Å². The van der Waals surface area contributed by atoms with Crippen LogP contribution in [0.15, 0.2) is 0 Å². The molecule has 0 atom stereocenters. The molecule has 0 saturated heterocycles. The third kappa shape index (κ3) is 3.57. The van der Waals surface area contributed by atoms with Crippen LogP contribution in [-0.2, 0) is 6.54 Å². The van der Waals surface area contributed by atoms with E-state index in [-0.39, 0.29) is 0 Å². The van der Waals surface area contributed by atoms with Crippen molar-refractivity contribution in [3.63, 3.8) is 0 Å². The smallest absolute Gasteiger partial charge is 0.131 e. The van der Waals surface area contributed by atoms with E-state index in [1.54, 1.807) is 0 Å². The van der Waals surface area contributed by atoms with Crippen LogP contribution >= 0.6 is 0 Å². The molecule has 0 aliphatic heterocycles. The van der Waals surface area contributed by atoms with E-state index in [0.29, 0.717) is 5.92 Å². The van der Waals surface area contributed by atoms with Gasteiger partial charge in [-0.1, -0.05) is 19.8 Å². The molecule has 1 aliphatic carbocycles. The Hall–Kier alpha value is -0.960. The SMILES string of the molecule is CCCC1CCC(c2nc(C)c(CNC)c(C)n2)CC1. The summed E-state index contributed by atoms with van der Waals surface area (Å²) in [4.78, 5) is 9.59. The Morgan fingerprint density at radius 1 is 1.05 bits per heavy atom. The maximum atomic E-state index is 4.80. The van der Waals surface area contributed by atoms with Gasteiger partial charge in [-0.2, -0.15) is 0 Å². The minimum absolute atomic E-state index is 0.587. The number of hydrogen-bond donors (Lipinski definition) is 1. The standard InChI is InChI=1S/C17H29N3/c1-5-6-14-7-9-15(10-8-14)17-19-12(2)16(11-18-4)13(3)20-17/h14-15,18H,5-11H2,1-4H3. The van der Waals surface area contributed by atoms with Crippen molar-refractivity contribution in [1.82, 2.24) is 15.3 Å². The molecule has 1 fully saturated rings. The normalized spacial score (nSPS) is 23.0. The van der Waals surface area contributed by atoms with E-state index in [1.165, 1.54) is 44.1 Å². The molecule has 1 aliphatic rings. The van der Waals surface area contributed by atoms with Crippen LogP contribution in [0.25, 0.3) is 0 Å². The van der Waals surface area contributed by atoms with Crippen molar-refractivity contribution in [2.45, 2.75) is 71.8 Å². The summed E-state index contributed by atoms with van der Waals surface area (Å²) in [6, 6.07) is 0. The second kappa shape index (κ2) is 7.16. The number of nitrogens with one attached hydrogen (secondary N) is 1. The Balaban J connectivity index is 2.07. The van der Waals surface area contributed by atoms with Gasteiger partial charge in [0.2, 0.25) is 0 Å². The summed E-state index contributed by atoms with van der Waals surface area (Å²) in [5.41, 5.74) is 3.56. The van der Waals surface area contributed by atoms with Crippen molar-refractivity contribution in [2.75, 3.05) is 7.05 Å². The van der Waals surface area contributed by atoms with Gasteiger partial charge in [0.05, 0.1) is 0 Å². The first-order chi connectivity index (χ1) is 9.65. The van der Waals surface area contributed by atoms with Crippen LogP contribution in [0.4, 0.5) is 0 Å². The zero-order valence-corrected chi connectivity index (χ0v) is 13.5. The lowest BCUT2D eigenvalue weighted by Crippen LogP contribution is -2.18. The van der Waals surface area contributed by atoms with E-state index in [9.17, 15) is 0 Å². The third-order valence-electron chi connectivity index (χ3n) is 4.70. The topological polar surface area (TPSA) is 37.8 Å². The summed E-state index contributed by atoms with van der Waals surface area (Å²) < 4.78 is 0. The summed E-state index contributed by atoms with van der Waals surface area (Å²) in [6.45, 7) is 7.39. The predicted octanol–water partition coefficient (Wildman–Crippen LogP) is 3.89. The lowest BCUT2D eigenvalue weighted by Gasteiger charge is -2.28. The highest BCUT2D eigenvalue weighted by Gasteiger charge is 2.24. The minimum atomic E-state index is 0.587. The fourth-order valence-corrected chi connectivity index (χ4v) is 3.50. The van der Waals surface area contributed by atoms with Crippen molar-refractivity contribution < 1.29 is 0 Å². The third-order valence-corrected chi connectivity index (χ3v) is 4.70. The molecule has 0 unspecified atom stereocenters. The van der Waals surface area contributed by atoms with Gasteiger partial charge in [0, 0.05) is 29.4 Å². The number of rotatable bonds is 5. The molecule has 0 amide bonds. The fourth-order valence-electron chi connectivity index (χ4n) is 3.50. The Morgan fingerprint density at radius 3 is 2.15 bits per heavy atom.